The van der Waals surface area contributed by atoms with E-state index in [1.165, 1.54) is 12.1 Å². The fourth-order valence-electron chi connectivity index (χ4n) is 2.39. The van der Waals surface area contributed by atoms with Crippen LogP contribution in [0.3, 0.4) is 0 Å². The third kappa shape index (κ3) is 4.41. The van der Waals surface area contributed by atoms with Crippen molar-refractivity contribution in [1.29, 1.82) is 0 Å². The first-order valence-electron chi connectivity index (χ1n) is 7.69. The molecule has 2 aromatic carbocycles. The molecule has 0 unspecified atom stereocenters. The highest BCUT2D eigenvalue weighted by Gasteiger charge is 2.25. The maximum Gasteiger partial charge on any atom is 0.412 e. The molecule has 0 aliphatic carbocycles. The molecule has 2 aromatic rings. The van der Waals surface area contributed by atoms with E-state index in [0.29, 0.717) is 0 Å². The van der Waals surface area contributed by atoms with Crippen molar-refractivity contribution < 1.29 is 29.6 Å². The number of benzene rings is 2. The molecule has 7 nitrogen and oxygen atoms in total. The number of aromatic hydroxyl groups is 2. The number of carboxylic acids is 1. The van der Waals surface area contributed by atoms with Gasteiger partial charge in [-0.3, -0.25) is 10.1 Å². The van der Waals surface area contributed by atoms with E-state index in [2.05, 4.69) is 5.32 Å². The van der Waals surface area contributed by atoms with Crippen molar-refractivity contribution in [2.24, 2.45) is 0 Å². The predicted molar refractivity (Wildman–Crippen MR) is 90.7 cm³/mol. The number of carbonyl (C=O) groups excluding carboxylic acids is 1. The molecule has 0 heterocycles. The van der Waals surface area contributed by atoms with Gasteiger partial charge in [0.25, 0.3) is 0 Å². The van der Waals surface area contributed by atoms with Crippen molar-refractivity contribution in [3.05, 3.63) is 53.6 Å². The normalized spacial score (nSPS) is 11.6. The van der Waals surface area contributed by atoms with Crippen LogP contribution in [0, 0.1) is 0 Å². The first-order valence-corrected chi connectivity index (χ1v) is 7.69. The average Bonchev–Trinajstić information content (AvgIpc) is 2.60. The van der Waals surface area contributed by atoms with Crippen LogP contribution in [0.4, 0.5) is 10.5 Å². The number of carbonyl (C=O) groups is 2. The molecule has 132 valence electrons. The maximum absolute atomic E-state index is 11.9. The molecule has 25 heavy (non-hydrogen) atoms. The molecule has 1 amide bonds. The Hall–Kier alpha value is -3.22. The second-order valence-electron chi connectivity index (χ2n) is 5.38. The van der Waals surface area contributed by atoms with Crippen LogP contribution >= 0.6 is 0 Å². The second kappa shape index (κ2) is 8.05. The molecule has 0 saturated heterocycles. The molecule has 2 rings (SSSR count). The largest absolute Gasteiger partial charge is 0.506 e. The Morgan fingerprint density at radius 2 is 1.80 bits per heavy atom. The maximum atomic E-state index is 11.9. The van der Waals surface area contributed by atoms with Gasteiger partial charge in [0.15, 0.2) is 0 Å². The number of ether oxygens (including phenoxy) is 1. The quantitative estimate of drug-likeness (QED) is 0.596. The standard InChI is InChI=1S/C18H19NO6/c1-2-12(17(22)23)13-8-9-14(20)15(16(13)21)19-18(24)25-10-11-6-4-3-5-7-11/h3-9,12,20-21H,2,10H2,1H3,(H,19,24)(H,22,23)/t12-/m0/s1. The van der Waals surface area contributed by atoms with E-state index in [4.69, 9.17) is 4.74 Å². The molecule has 4 N–H and O–H groups in total. The summed E-state index contributed by atoms with van der Waals surface area (Å²) in [5.41, 5.74) is 0.596. The zero-order chi connectivity index (χ0) is 18.4. The summed E-state index contributed by atoms with van der Waals surface area (Å²) in [7, 11) is 0. The summed E-state index contributed by atoms with van der Waals surface area (Å²) in [4.78, 5) is 23.2. The van der Waals surface area contributed by atoms with Crippen molar-refractivity contribution in [2.45, 2.75) is 25.9 Å². The van der Waals surface area contributed by atoms with Gasteiger partial charge in [-0.2, -0.15) is 0 Å². The molecule has 0 radical (unpaired) electrons. The lowest BCUT2D eigenvalue weighted by Crippen LogP contribution is -2.15. The van der Waals surface area contributed by atoms with Crippen molar-refractivity contribution in [3.8, 4) is 11.5 Å². The molecular weight excluding hydrogens is 326 g/mol. The van der Waals surface area contributed by atoms with Crippen molar-refractivity contribution in [1.82, 2.24) is 0 Å². The van der Waals surface area contributed by atoms with Gasteiger partial charge < -0.3 is 20.1 Å². The summed E-state index contributed by atoms with van der Waals surface area (Å²) >= 11 is 0. The number of rotatable bonds is 6. The summed E-state index contributed by atoms with van der Waals surface area (Å²) < 4.78 is 5.03. The van der Waals surface area contributed by atoms with E-state index in [9.17, 15) is 24.9 Å². The number of hydrogen-bond donors (Lipinski definition) is 4. The van der Waals surface area contributed by atoms with Gasteiger partial charge in [-0.05, 0) is 18.1 Å². The van der Waals surface area contributed by atoms with E-state index in [0.717, 1.165) is 5.56 Å². The Morgan fingerprint density at radius 1 is 1.12 bits per heavy atom. The number of amides is 1. The van der Waals surface area contributed by atoms with Gasteiger partial charge >= 0.3 is 12.1 Å². The smallest absolute Gasteiger partial charge is 0.412 e. The number of hydrogen-bond acceptors (Lipinski definition) is 5. The third-order valence-corrected chi connectivity index (χ3v) is 3.71. The second-order valence-corrected chi connectivity index (χ2v) is 5.38. The minimum atomic E-state index is -1.11. The number of anilines is 1. The Labute approximate surface area is 144 Å². The lowest BCUT2D eigenvalue weighted by atomic mass is 9.95. The van der Waals surface area contributed by atoms with Crippen LogP contribution in [-0.2, 0) is 16.1 Å². The van der Waals surface area contributed by atoms with Crippen LogP contribution in [0.1, 0.15) is 30.4 Å². The fraction of sp³-hybridized carbons (Fsp3) is 0.222. The van der Waals surface area contributed by atoms with Crippen molar-refractivity contribution in [3.63, 3.8) is 0 Å². The van der Waals surface area contributed by atoms with Crippen LogP contribution in [0.2, 0.25) is 0 Å². The van der Waals surface area contributed by atoms with Gasteiger partial charge in [-0.15, -0.1) is 0 Å². The highest BCUT2D eigenvalue weighted by molar-refractivity contribution is 5.90. The van der Waals surface area contributed by atoms with Gasteiger partial charge in [0.1, 0.15) is 23.8 Å². The minimum absolute atomic E-state index is 0.0145. The summed E-state index contributed by atoms with van der Waals surface area (Å²) in [5, 5.41) is 31.6. The predicted octanol–water partition coefficient (Wildman–Crippen LogP) is 3.42. The molecule has 0 saturated carbocycles. The van der Waals surface area contributed by atoms with Gasteiger partial charge in [0, 0.05) is 5.56 Å². The van der Waals surface area contributed by atoms with Crippen LogP contribution in [-0.4, -0.2) is 27.4 Å². The van der Waals surface area contributed by atoms with E-state index in [1.54, 1.807) is 31.2 Å². The number of phenolic OH excluding ortho intramolecular Hbond substituents is 2. The molecular formula is C18H19NO6. The molecule has 0 aromatic heterocycles. The Morgan fingerprint density at radius 3 is 2.40 bits per heavy atom. The van der Waals surface area contributed by atoms with Crippen LogP contribution in [0.15, 0.2) is 42.5 Å². The highest BCUT2D eigenvalue weighted by Crippen LogP contribution is 2.40. The molecule has 0 aliphatic heterocycles. The Bertz CT molecular complexity index is 760. The van der Waals surface area contributed by atoms with Gasteiger partial charge in [-0.1, -0.05) is 43.3 Å². The molecule has 7 heteroatoms. The molecule has 0 fully saturated rings. The first kappa shape index (κ1) is 18.1. The highest BCUT2D eigenvalue weighted by atomic mass is 16.5. The van der Waals surface area contributed by atoms with Crippen LogP contribution in [0.5, 0.6) is 11.5 Å². The zero-order valence-electron chi connectivity index (χ0n) is 13.6. The lowest BCUT2D eigenvalue weighted by Gasteiger charge is -2.16. The number of carboxylic acid groups (broad SMARTS) is 1. The van der Waals surface area contributed by atoms with Crippen LogP contribution in [0.25, 0.3) is 0 Å². The molecule has 1 atom stereocenters. The Balaban J connectivity index is 2.15. The van der Waals surface area contributed by atoms with Gasteiger partial charge in [0.2, 0.25) is 0 Å². The topological polar surface area (TPSA) is 116 Å². The SMILES string of the molecule is CC[C@H](C(=O)O)c1ccc(O)c(NC(=O)OCc2ccccc2)c1O. The summed E-state index contributed by atoms with van der Waals surface area (Å²) in [6, 6.07) is 11.5. The van der Waals surface area contributed by atoms with Gasteiger partial charge in [0.05, 0.1) is 5.92 Å². The minimum Gasteiger partial charge on any atom is -0.506 e. The monoisotopic (exact) mass is 345 g/mol. The first-order chi connectivity index (χ1) is 11.9. The number of aliphatic carboxylic acids is 1. The van der Waals surface area contributed by atoms with Crippen LogP contribution < -0.4 is 5.32 Å². The van der Waals surface area contributed by atoms with Gasteiger partial charge in [-0.25, -0.2) is 4.79 Å². The molecule has 0 spiro atoms. The summed E-state index contributed by atoms with van der Waals surface area (Å²) in [5.74, 6) is -2.95. The van der Waals surface area contributed by atoms with E-state index in [1.807, 2.05) is 6.07 Å². The fourth-order valence-corrected chi connectivity index (χ4v) is 2.39. The average molecular weight is 345 g/mol. The van der Waals surface area contributed by atoms with Crippen molar-refractivity contribution in [2.75, 3.05) is 5.32 Å². The van der Waals surface area contributed by atoms with E-state index in [-0.39, 0.29) is 24.3 Å². The van der Waals surface area contributed by atoms with Crippen molar-refractivity contribution >= 4 is 17.7 Å². The number of nitrogens with one attached hydrogen (secondary N) is 1. The third-order valence-electron chi connectivity index (χ3n) is 3.71. The summed E-state index contributed by atoms with van der Waals surface area (Å²) in [6.07, 6.45) is -0.638. The zero-order valence-corrected chi connectivity index (χ0v) is 13.6. The molecule has 0 aliphatic rings. The summed E-state index contributed by atoms with van der Waals surface area (Å²) in [6.45, 7) is 1.67. The van der Waals surface area contributed by atoms with E-state index >= 15 is 0 Å². The molecule has 0 bridgehead atoms. The lowest BCUT2D eigenvalue weighted by molar-refractivity contribution is -0.138. The van der Waals surface area contributed by atoms with E-state index < -0.39 is 29.5 Å². The Kier molecular flexibility index (Phi) is 5.84. The number of phenols is 2.